The van der Waals surface area contributed by atoms with Crippen LogP contribution in [-0.2, 0) is 4.79 Å². The molecule has 4 aromatic rings. The minimum Gasteiger partial charge on any atom is -0.483 e. The Morgan fingerprint density at radius 3 is 2.73 bits per heavy atom. The number of benzene rings is 3. The Balaban J connectivity index is 1.54. The van der Waals surface area contributed by atoms with Gasteiger partial charge in [0.05, 0.1) is 10.0 Å². The average molecular weight is 543 g/mol. The summed E-state index contributed by atoms with van der Waals surface area (Å²) < 4.78 is 12.2. The first-order chi connectivity index (χ1) is 15.9. The molecule has 0 saturated carbocycles. The zero-order valence-corrected chi connectivity index (χ0v) is 19.9. The van der Waals surface area contributed by atoms with E-state index in [4.69, 9.17) is 32.4 Å². The first-order valence-electron chi connectivity index (χ1n) is 9.58. The van der Waals surface area contributed by atoms with Crippen LogP contribution in [0, 0.1) is 11.3 Å². The summed E-state index contributed by atoms with van der Waals surface area (Å²) in [5.74, 6) is 0.221. The summed E-state index contributed by atoms with van der Waals surface area (Å²) in [5.41, 5.74) is 2.52. The molecule has 4 rings (SSSR count). The Morgan fingerprint density at radius 1 is 1.15 bits per heavy atom. The van der Waals surface area contributed by atoms with Gasteiger partial charge in [-0.15, -0.1) is 0 Å². The van der Waals surface area contributed by atoms with Crippen molar-refractivity contribution in [2.24, 2.45) is 0 Å². The fourth-order valence-electron chi connectivity index (χ4n) is 2.96. The zero-order chi connectivity index (χ0) is 23.4. The Kier molecular flexibility index (Phi) is 6.99. The first-order valence-corrected chi connectivity index (χ1v) is 11.1. The number of hydrogen-bond acceptors (Lipinski definition) is 5. The van der Waals surface area contributed by atoms with Gasteiger partial charge in [0.2, 0.25) is 5.89 Å². The lowest BCUT2D eigenvalue weighted by Gasteiger charge is -2.11. The molecule has 1 heterocycles. The molecule has 0 unspecified atom stereocenters. The molecule has 1 aromatic heterocycles. The molecule has 0 bridgehead atoms. The number of para-hydroxylation sites is 2. The van der Waals surface area contributed by atoms with E-state index in [0.717, 1.165) is 4.47 Å². The summed E-state index contributed by atoms with van der Waals surface area (Å²) in [6.07, 6.45) is 1.60. The number of nitrogens with zero attached hydrogens (tertiary/aromatic N) is 2. The predicted molar refractivity (Wildman–Crippen MR) is 132 cm³/mol. The molecule has 0 spiro atoms. The summed E-state index contributed by atoms with van der Waals surface area (Å²) in [4.78, 5) is 16.7. The predicted octanol–water partition coefficient (Wildman–Crippen LogP) is 6.98. The van der Waals surface area contributed by atoms with Crippen molar-refractivity contribution < 1.29 is 13.9 Å². The normalized spacial score (nSPS) is 11.3. The van der Waals surface area contributed by atoms with Crippen LogP contribution in [0.4, 0.5) is 5.69 Å². The van der Waals surface area contributed by atoms with Gasteiger partial charge in [0.25, 0.3) is 5.91 Å². The quantitative estimate of drug-likeness (QED) is 0.265. The lowest BCUT2D eigenvalue weighted by Crippen LogP contribution is -2.20. The molecule has 1 N–H and O–H groups in total. The molecule has 0 aliphatic rings. The van der Waals surface area contributed by atoms with E-state index in [1.54, 1.807) is 54.6 Å². The number of carbonyl (C=O) groups excluding carboxylic acids is 1. The molecule has 0 aliphatic heterocycles. The number of oxazole rings is 1. The van der Waals surface area contributed by atoms with Crippen molar-refractivity contribution in [2.45, 2.75) is 0 Å². The minimum absolute atomic E-state index is 0.196. The standard InChI is InChI=1S/C24H14BrCl2N3O3/c25-16-5-8-21(32-13-23(31)29-17-6-7-18(26)19(27)11-17)14(10-16)9-15(12-28)24-30-20-3-1-2-4-22(20)33-24/h1-11H,13H2,(H,29,31)/b15-9+. The Bertz CT molecular complexity index is 1390. The second-order valence-corrected chi connectivity index (χ2v) is 8.53. The van der Waals surface area contributed by atoms with E-state index >= 15 is 0 Å². The maximum Gasteiger partial charge on any atom is 0.262 e. The van der Waals surface area contributed by atoms with Gasteiger partial charge in [-0.05, 0) is 54.6 Å². The number of nitrogens with one attached hydrogen (secondary N) is 1. The number of carbonyl (C=O) groups is 1. The minimum atomic E-state index is -0.384. The van der Waals surface area contributed by atoms with Gasteiger partial charge < -0.3 is 14.5 Å². The second kappa shape index (κ2) is 10.1. The number of ether oxygens (including phenoxy) is 1. The third-order valence-electron chi connectivity index (χ3n) is 4.48. The van der Waals surface area contributed by atoms with Crippen LogP contribution in [0.25, 0.3) is 22.7 Å². The molecule has 164 valence electrons. The van der Waals surface area contributed by atoms with Gasteiger partial charge in [-0.2, -0.15) is 5.26 Å². The highest BCUT2D eigenvalue weighted by atomic mass is 79.9. The van der Waals surface area contributed by atoms with E-state index in [2.05, 4.69) is 32.3 Å². The molecule has 0 radical (unpaired) electrons. The highest BCUT2D eigenvalue weighted by molar-refractivity contribution is 9.10. The number of aromatic nitrogens is 1. The molecule has 1 amide bonds. The molecular formula is C24H14BrCl2N3O3. The molecule has 33 heavy (non-hydrogen) atoms. The van der Waals surface area contributed by atoms with Crippen molar-refractivity contribution in [3.8, 4) is 11.8 Å². The van der Waals surface area contributed by atoms with E-state index in [-0.39, 0.29) is 24.0 Å². The van der Waals surface area contributed by atoms with Crippen molar-refractivity contribution in [2.75, 3.05) is 11.9 Å². The maximum atomic E-state index is 12.3. The van der Waals surface area contributed by atoms with Gasteiger partial charge >= 0.3 is 0 Å². The van der Waals surface area contributed by atoms with Crippen LogP contribution < -0.4 is 10.1 Å². The summed E-state index contributed by atoms with van der Waals surface area (Å²) >= 11 is 15.3. The fourth-order valence-corrected chi connectivity index (χ4v) is 3.64. The number of nitriles is 1. The number of amides is 1. The van der Waals surface area contributed by atoms with Crippen LogP contribution in [0.5, 0.6) is 5.75 Å². The van der Waals surface area contributed by atoms with E-state index in [1.165, 1.54) is 0 Å². The third-order valence-corrected chi connectivity index (χ3v) is 5.71. The molecule has 6 nitrogen and oxygen atoms in total. The SMILES string of the molecule is N#C/C(=C\c1cc(Br)ccc1OCC(=O)Nc1ccc(Cl)c(Cl)c1)c1nc2ccccc2o1. The molecular weight excluding hydrogens is 529 g/mol. The average Bonchev–Trinajstić information content (AvgIpc) is 3.23. The number of fused-ring (bicyclic) bond motifs is 1. The highest BCUT2D eigenvalue weighted by Crippen LogP contribution is 2.29. The molecule has 0 aliphatic carbocycles. The largest absolute Gasteiger partial charge is 0.483 e. The number of anilines is 1. The number of rotatable bonds is 6. The van der Waals surface area contributed by atoms with Crippen molar-refractivity contribution >= 4 is 73.5 Å². The van der Waals surface area contributed by atoms with Crippen molar-refractivity contribution in [1.82, 2.24) is 4.98 Å². The second-order valence-electron chi connectivity index (χ2n) is 6.80. The van der Waals surface area contributed by atoms with Gasteiger partial charge in [0, 0.05) is 15.7 Å². The summed E-state index contributed by atoms with van der Waals surface area (Å²) in [7, 11) is 0. The van der Waals surface area contributed by atoms with Gasteiger partial charge in [-0.3, -0.25) is 4.79 Å². The van der Waals surface area contributed by atoms with Gasteiger partial charge in [-0.25, -0.2) is 4.98 Å². The Labute approximate surface area is 207 Å². The number of allylic oxidation sites excluding steroid dienone is 1. The fraction of sp³-hybridized carbons (Fsp3) is 0.0417. The smallest absolute Gasteiger partial charge is 0.262 e. The zero-order valence-electron chi connectivity index (χ0n) is 16.8. The molecule has 3 aromatic carbocycles. The first kappa shape index (κ1) is 22.9. The van der Waals surface area contributed by atoms with Crippen LogP contribution >= 0.6 is 39.1 Å². The Hall–Kier alpha value is -3.31. The number of halogens is 3. The van der Waals surface area contributed by atoms with Crippen molar-refractivity contribution in [1.29, 1.82) is 5.26 Å². The summed E-state index contributed by atoms with van der Waals surface area (Å²) in [6.45, 7) is -0.256. The van der Waals surface area contributed by atoms with Gasteiger partial charge in [0.1, 0.15) is 22.9 Å². The maximum absolute atomic E-state index is 12.3. The van der Waals surface area contributed by atoms with E-state index < -0.39 is 0 Å². The number of hydrogen-bond donors (Lipinski definition) is 1. The van der Waals surface area contributed by atoms with Crippen LogP contribution in [-0.4, -0.2) is 17.5 Å². The Morgan fingerprint density at radius 2 is 1.97 bits per heavy atom. The topological polar surface area (TPSA) is 88.1 Å². The van der Waals surface area contributed by atoms with Crippen molar-refractivity contribution in [3.63, 3.8) is 0 Å². The molecule has 0 atom stereocenters. The third kappa shape index (κ3) is 5.55. The highest BCUT2D eigenvalue weighted by Gasteiger charge is 2.13. The van der Waals surface area contributed by atoms with E-state index in [0.29, 0.717) is 38.1 Å². The summed E-state index contributed by atoms with van der Waals surface area (Å²) in [5, 5.41) is 13.1. The lowest BCUT2D eigenvalue weighted by atomic mass is 10.1. The van der Waals surface area contributed by atoms with Crippen LogP contribution in [0.1, 0.15) is 11.5 Å². The monoisotopic (exact) mass is 541 g/mol. The van der Waals surface area contributed by atoms with Crippen LogP contribution in [0.2, 0.25) is 10.0 Å². The lowest BCUT2D eigenvalue weighted by molar-refractivity contribution is -0.118. The van der Waals surface area contributed by atoms with E-state index in [1.807, 2.05) is 12.1 Å². The molecule has 9 heteroatoms. The van der Waals surface area contributed by atoms with Crippen LogP contribution in [0.15, 0.2) is 69.6 Å². The molecule has 0 fully saturated rings. The van der Waals surface area contributed by atoms with Crippen LogP contribution in [0.3, 0.4) is 0 Å². The van der Waals surface area contributed by atoms with E-state index in [9.17, 15) is 10.1 Å². The van der Waals surface area contributed by atoms with Gasteiger partial charge in [-0.1, -0.05) is 51.3 Å². The summed E-state index contributed by atoms with van der Waals surface area (Å²) in [6, 6.07) is 19.4. The van der Waals surface area contributed by atoms with Gasteiger partial charge in [0.15, 0.2) is 12.2 Å². The van der Waals surface area contributed by atoms with Crippen molar-refractivity contribution in [3.05, 3.63) is 86.6 Å². The molecule has 0 saturated heterocycles.